The summed E-state index contributed by atoms with van der Waals surface area (Å²) < 4.78 is 0. The van der Waals surface area contributed by atoms with Crippen LogP contribution in [-0.4, -0.2) is 15.9 Å². The maximum Gasteiger partial charge on any atom is 0.270 e. The molecule has 0 radical (unpaired) electrons. The summed E-state index contributed by atoms with van der Waals surface area (Å²) in [5.74, 6) is -0.600. The van der Waals surface area contributed by atoms with Crippen LogP contribution in [0.4, 0.5) is 5.69 Å². The fourth-order valence-corrected chi connectivity index (χ4v) is 1.91. The molecule has 0 spiro atoms. The van der Waals surface area contributed by atoms with Gasteiger partial charge in [0.25, 0.3) is 5.69 Å². The summed E-state index contributed by atoms with van der Waals surface area (Å²) in [4.78, 5) is 21.2. The second-order valence-corrected chi connectivity index (χ2v) is 4.31. The van der Waals surface area contributed by atoms with E-state index in [1.807, 2.05) is 0 Å². The van der Waals surface area contributed by atoms with E-state index >= 15 is 0 Å². The SMILES string of the molecule is NC(=O)/C=C/c1cc(O)ccc1-c1cccc([N+](=O)[O-])c1. The first-order valence-corrected chi connectivity index (χ1v) is 6.03. The lowest BCUT2D eigenvalue weighted by atomic mass is 9.98. The van der Waals surface area contributed by atoms with Crippen molar-refractivity contribution in [1.82, 2.24) is 0 Å². The predicted octanol–water partition coefficient (Wildman–Crippen LogP) is 2.47. The Hall–Kier alpha value is -3.15. The van der Waals surface area contributed by atoms with Crippen LogP contribution in [0.2, 0.25) is 0 Å². The number of non-ortho nitro benzene ring substituents is 1. The fourth-order valence-electron chi connectivity index (χ4n) is 1.91. The van der Waals surface area contributed by atoms with Crippen molar-refractivity contribution in [3.05, 3.63) is 64.2 Å². The minimum Gasteiger partial charge on any atom is -0.508 e. The lowest BCUT2D eigenvalue weighted by Gasteiger charge is -2.07. The van der Waals surface area contributed by atoms with Crippen LogP contribution in [-0.2, 0) is 4.79 Å². The third kappa shape index (κ3) is 3.44. The van der Waals surface area contributed by atoms with Gasteiger partial charge in [0.2, 0.25) is 5.91 Å². The molecule has 0 heterocycles. The standard InChI is InChI=1S/C15H12N2O4/c16-15(19)7-4-11-9-13(18)5-6-14(11)10-2-1-3-12(8-10)17(20)21/h1-9,18H,(H2,16,19)/b7-4+. The van der Waals surface area contributed by atoms with Gasteiger partial charge in [0.15, 0.2) is 0 Å². The number of carbonyl (C=O) groups excluding carboxylic acids is 1. The van der Waals surface area contributed by atoms with Crippen LogP contribution in [0.3, 0.4) is 0 Å². The highest BCUT2D eigenvalue weighted by atomic mass is 16.6. The van der Waals surface area contributed by atoms with Crippen molar-refractivity contribution in [2.75, 3.05) is 0 Å². The lowest BCUT2D eigenvalue weighted by molar-refractivity contribution is -0.384. The maximum atomic E-state index is 10.8. The molecule has 106 valence electrons. The van der Waals surface area contributed by atoms with Crippen molar-refractivity contribution in [3.63, 3.8) is 0 Å². The molecule has 2 aromatic rings. The molecule has 6 heteroatoms. The molecule has 2 aromatic carbocycles. The van der Waals surface area contributed by atoms with Gasteiger partial charge in [-0.3, -0.25) is 14.9 Å². The first-order valence-electron chi connectivity index (χ1n) is 6.03. The molecular formula is C15H12N2O4. The predicted molar refractivity (Wildman–Crippen MR) is 78.4 cm³/mol. The van der Waals surface area contributed by atoms with Crippen LogP contribution in [0.25, 0.3) is 17.2 Å². The van der Waals surface area contributed by atoms with E-state index in [1.54, 1.807) is 18.2 Å². The second kappa shape index (κ2) is 5.87. The van der Waals surface area contributed by atoms with E-state index in [0.29, 0.717) is 16.7 Å². The Bertz CT molecular complexity index is 738. The molecule has 0 fully saturated rings. The monoisotopic (exact) mass is 284 g/mol. The number of aromatic hydroxyl groups is 1. The summed E-state index contributed by atoms with van der Waals surface area (Å²) in [7, 11) is 0. The van der Waals surface area contributed by atoms with Gasteiger partial charge in [0, 0.05) is 18.2 Å². The second-order valence-electron chi connectivity index (χ2n) is 4.31. The van der Waals surface area contributed by atoms with E-state index in [2.05, 4.69) is 0 Å². The zero-order valence-corrected chi connectivity index (χ0v) is 10.9. The summed E-state index contributed by atoms with van der Waals surface area (Å²) in [6.45, 7) is 0. The third-order valence-electron chi connectivity index (χ3n) is 2.83. The zero-order chi connectivity index (χ0) is 15.4. The highest BCUT2D eigenvalue weighted by Gasteiger charge is 2.10. The Morgan fingerprint density at radius 2 is 2.00 bits per heavy atom. The van der Waals surface area contributed by atoms with Crippen LogP contribution in [0.1, 0.15) is 5.56 Å². The van der Waals surface area contributed by atoms with E-state index in [1.165, 1.54) is 30.3 Å². The Labute approximate surface area is 120 Å². The minimum absolute atomic E-state index is 0.0216. The number of phenols is 1. The number of nitro benzene ring substituents is 1. The van der Waals surface area contributed by atoms with Crippen LogP contribution >= 0.6 is 0 Å². The quantitative estimate of drug-likeness (QED) is 0.511. The van der Waals surface area contributed by atoms with E-state index in [0.717, 1.165) is 6.08 Å². The first kappa shape index (κ1) is 14.3. The van der Waals surface area contributed by atoms with Gasteiger partial charge >= 0.3 is 0 Å². The molecule has 6 nitrogen and oxygen atoms in total. The number of primary amides is 1. The number of amides is 1. The van der Waals surface area contributed by atoms with Crippen molar-refractivity contribution in [2.45, 2.75) is 0 Å². The number of hydrogen-bond donors (Lipinski definition) is 2. The molecule has 0 aliphatic carbocycles. The average Bonchev–Trinajstić information content (AvgIpc) is 2.45. The van der Waals surface area contributed by atoms with Gasteiger partial charge in [-0.2, -0.15) is 0 Å². The molecule has 0 atom stereocenters. The highest BCUT2D eigenvalue weighted by molar-refractivity contribution is 5.92. The maximum absolute atomic E-state index is 10.8. The summed E-state index contributed by atoms with van der Waals surface area (Å²) in [5.41, 5.74) is 6.81. The van der Waals surface area contributed by atoms with Crippen LogP contribution in [0.15, 0.2) is 48.5 Å². The molecule has 0 unspecified atom stereocenters. The largest absolute Gasteiger partial charge is 0.508 e. The van der Waals surface area contributed by atoms with Gasteiger partial charge < -0.3 is 10.8 Å². The lowest BCUT2D eigenvalue weighted by Crippen LogP contribution is -2.05. The Balaban J connectivity index is 2.55. The number of nitrogens with two attached hydrogens (primary N) is 1. The molecule has 0 aliphatic rings. The summed E-state index contributed by atoms with van der Waals surface area (Å²) in [5, 5.41) is 20.4. The number of nitro groups is 1. The van der Waals surface area contributed by atoms with E-state index < -0.39 is 10.8 Å². The van der Waals surface area contributed by atoms with E-state index in [4.69, 9.17) is 5.73 Å². The minimum atomic E-state index is -0.622. The molecule has 0 aliphatic heterocycles. The number of phenolic OH excluding ortho intramolecular Hbond substituents is 1. The molecular weight excluding hydrogens is 272 g/mol. The number of hydrogen-bond acceptors (Lipinski definition) is 4. The molecule has 0 saturated heterocycles. The topological polar surface area (TPSA) is 106 Å². The highest BCUT2D eigenvalue weighted by Crippen LogP contribution is 2.30. The van der Waals surface area contributed by atoms with Gasteiger partial charge in [0.05, 0.1) is 4.92 Å². The first-order chi connectivity index (χ1) is 9.97. The third-order valence-corrected chi connectivity index (χ3v) is 2.83. The fraction of sp³-hybridized carbons (Fsp3) is 0. The van der Waals surface area contributed by atoms with Crippen LogP contribution in [0.5, 0.6) is 5.75 Å². The smallest absolute Gasteiger partial charge is 0.270 e. The normalized spacial score (nSPS) is 10.7. The summed E-state index contributed by atoms with van der Waals surface area (Å²) in [6.07, 6.45) is 2.62. The van der Waals surface area contributed by atoms with Gasteiger partial charge in [-0.1, -0.05) is 18.2 Å². The Morgan fingerprint density at radius 3 is 2.67 bits per heavy atom. The number of nitrogens with zero attached hydrogens (tertiary/aromatic N) is 1. The molecule has 3 N–H and O–H groups in total. The number of rotatable bonds is 4. The van der Waals surface area contributed by atoms with Crippen molar-refractivity contribution < 1.29 is 14.8 Å². The average molecular weight is 284 g/mol. The zero-order valence-electron chi connectivity index (χ0n) is 10.9. The molecule has 21 heavy (non-hydrogen) atoms. The Kier molecular flexibility index (Phi) is 3.99. The molecule has 0 saturated carbocycles. The molecule has 0 aromatic heterocycles. The van der Waals surface area contributed by atoms with Crippen molar-refractivity contribution in [1.29, 1.82) is 0 Å². The van der Waals surface area contributed by atoms with E-state index in [-0.39, 0.29) is 11.4 Å². The van der Waals surface area contributed by atoms with Gasteiger partial charge in [-0.05, 0) is 34.9 Å². The number of benzene rings is 2. The van der Waals surface area contributed by atoms with Crippen molar-refractivity contribution in [3.8, 4) is 16.9 Å². The van der Waals surface area contributed by atoms with E-state index in [9.17, 15) is 20.0 Å². The van der Waals surface area contributed by atoms with Gasteiger partial charge in [-0.25, -0.2) is 0 Å². The Morgan fingerprint density at radius 1 is 1.24 bits per heavy atom. The van der Waals surface area contributed by atoms with Crippen molar-refractivity contribution >= 4 is 17.7 Å². The van der Waals surface area contributed by atoms with Crippen LogP contribution < -0.4 is 5.73 Å². The number of carbonyl (C=O) groups is 1. The molecule has 2 rings (SSSR count). The molecule has 1 amide bonds. The van der Waals surface area contributed by atoms with Crippen molar-refractivity contribution in [2.24, 2.45) is 5.73 Å². The van der Waals surface area contributed by atoms with Gasteiger partial charge in [0.1, 0.15) is 5.75 Å². The van der Waals surface area contributed by atoms with Gasteiger partial charge in [-0.15, -0.1) is 0 Å². The molecule has 0 bridgehead atoms. The summed E-state index contributed by atoms with van der Waals surface area (Å²) in [6, 6.07) is 10.6. The summed E-state index contributed by atoms with van der Waals surface area (Å²) >= 11 is 0. The van der Waals surface area contributed by atoms with Crippen LogP contribution in [0, 0.1) is 10.1 Å².